The summed E-state index contributed by atoms with van der Waals surface area (Å²) < 4.78 is 12.7. The second-order valence-electron chi connectivity index (χ2n) is 3.87. The third kappa shape index (κ3) is 2.07. The minimum Gasteiger partial charge on any atom is -0.321 e. The fourth-order valence-corrected chi connectivity index (χ4v) is 2.08. The molecule has 78 valence electrons. The van der Waals surface area contributed by atoms with Crippen molar-refractivity contribution in [2.45, 2.75) is 31.2 Å². The van der Waals surface area contributed by atoms with E-state index in [9.17, 15) is 4.39 Å². The van der Waals surface area contributed by atoms with Gasteiger partial charge in [0.25, 0.3) is 0 Å². The van der Waals surface area contributed by atoms with Gasteiger partial charge in [-0.1, -0.05) is 25.0 Å². The van der Waals surface area contributed by atoms with Crippen LogP contribution in [-0.2, 0) is 5.54 Å². The first-order valence-corrected chi connectivity index (χ1v) is 4.76. The zero-order valence-electron chi connectivity index (χ0n) is 8.00. The standard InChI is InChI=1S/C11H14FN.ClH/c12-10-5-3-9(4-6-10)11(13)7-1-2-8-11;/h3-6H,1-2,7-8,13H2;1H. The number of hydrogen-bond acceptors (Lipinski definition) is 1. The van der Waals surface area contributed by atoms with Crippen molar-refractivity contribution in [1.29, 1.82) is 0 Å². The van der Waals surface area contributed by atoms with Crippen LogP contribution in [-0.4, -0.2) is 0 Å². The highest BCUT2D eigenvalue weighted by atomic mass is 35.5. The number of rotatable bonds is 1. The molecular weight excluding hydrogens is 201 g/mol. The fourth-order valence-electron chi connectivity index (χ4n) is 2.08. The van der Waals surface area contributed by atoms with Crippen molar-refractivity contribution >= 4 is 12.4 Å². The molecule has 0 aliphatic heterocycles. The lowest BCUT2D eigenvalue weighted by Gasteiger charge is -2.23. The number of benzene rings is 1. The largest absolute Gasteiger partial charge is 0.321 e. The summed E-state index contributed by atoms with van der Waals surface area (Å²) in [6.45, 7) is 0. The van der Waals surface area contributed by atoms with Gasteiger partial charge < -0.3 is 5.73 Å². The first-order valence-electron chi connectivity index (χ1n) is 4.76. The summed E-state index contributed by atoms with van der Waals surface area (Å²) in [5.74, 6) is -0.189. The maximum atomic E-state index is 12.7. The predicted octanol–water partition coefficient (Wildman–Crippen LogP) is 2.98. The molecule has 0 spiro atoms. The minimum absolute atomic E-state index is 0. The van der Waals surface area contributed by atoms with Crippen molar-refractivity contribution in [3.63, 3.8) is 0 Å². The van der Waals surface area contributed by atoms with E-state index in [4.69, 9.17) is 5.73 Å². The molecule has 0 radical (unpaired) electrons. The van der Waals surface area contributed by atoms with E-state index in [1.54, 1.807) is 12.1 Å². The molecule has 0 amide bonds. The molecule has 2 N–H and O–H groups in total. The molecule has 2 rings (SSSR count). The third-order valence-corrected chi connectivity index (χ3v) is 2.91. The van der Waals surface area contributed by atoms with Crippen molar-refractivity contribution in [2.24, 2.45) is 5.73 Å². The van der Waals surface area contributed by atoms with Gasteiger partial charge in [-0.3, -0.25) is 0 Å². The molecule has 0 bridgehead atoms. The summed E-state index contributed by atoms with van der Waals surface area (Å²) in [6.07, 6.45) is 4.43. The average molecular weight is 216 g/mol. The molecule has 0 unspecified atom stereocenters. The molecule has 0 atom stereocenters. The second-order valence-corrected chi connectivity index (χ2v) is 3.87. The fraction of sp³-hybridized carbons (Fsp3) is 0.455. The van der Waals surface area contributed by atoms with Gasteiger partial charge in [0, 0.05) is 5.54 Å². The van der Waals surface area contributed by atoms with E-state index in [0.29, 0.717) is 0 Å². The van der Waals surface area contributed by atoms with Gasteiger partial charge in [0.1, 0.15) is 5.82 Å². The highest BCUT2D eigenvalue weighted by Crippen LogP contribution is 2.35. The SMILES string of the molecule is Cl.NC1(c2ccc(F)cc2)CCCC1. The van der Waals surface area contributed by atoms with E-state index in [-0.39, 0.29) is 23.8 Å². The zero-order valence-corrected chi connectivity index (χ0v) is 8.82. The van der Waals surface area contributed by atoms with Gasteiger partial charge >= 0.3 is 0 Å². The Hall–Kier alpha value is -0.600. The van der Waals surface area contributed by atoms with Crippen molar-refractivity contribution in [3.05, 3.63) is 35.6 Å². The Morgan fingerprint density at radius 2 is 1.57 bits per heavy atom. The molecule has 1 aliphatic rings. The summed E-state index contributed by atoms with van der Waals surface area (Å²) in [4.78, 5) is 0. The molecule has 0 heterocycles. The van der Waals surface area contributed by atoms with Gasteiger partial charge in [-0.25, -0.2) is 4.39 Å². The molecule has 0 aromatic heterocycles. The monoisotopic (exact) mass is 215 g/mol. The topological polar surface area (TPSA) is 26.0 Å². The molecule has 1 aliphatic carbocycles. The quantitative estimate of drug-likeness (QED) is 0.766. The molecule has 1 fully saturated rings. The van der Waals surface area contributed by atoms with Crippen LogP contribution in [0.2, 0.25) is 0 Å². The number of nitrogens with two attached hydrogens (primary N) is 1. The van der Waals surface area contributed by atoms with E-state index < -0.39 is 0 Å². The molecular formula is C11H15ClFN. The molecule has 3 heteroatoms. The number of hydrogen-bond donors (Lipinski definition) is 1. The lowest BCUT2D eigenvalue weighted by molar-refractivity contribution is 0.460. The third-order valence-electron chi connectivity index (χ3n) is 2.91. The average Bonchev–Trinajstić information content (AvgIpc) is 2.54. The van der Waals surface area contributed by atoms with Crippen LogP contribution < -0.4 is 5.73 Å². The normalized spacial score (nSPS) is 19.0. The van der Waals surface area contributed by atoms with Crippen molar-refractivity contribution in [1.82, 2.24) is 0 Å². The van der Waals surface area contributed by atoms with E-state index in [1.165, 1.54) is 25.0 Å². The Kier molecular flexibility index (Phi) is 3.51. The Balaban J connectivity index is 0.000000980. The van der Waals surface area contributed by atoms with E-state index in [0.717, 1.165) is 18.4 Å². The Morgan fingerprint density at radius 1 is 1.07 bits per heavy atom. The van der Waals surface area contributed by atoms with Crippen LogP contribution >= 0.6 is 12.4 Å². The number of halogens is 2. The minimum atomic E-state index is -0.189. The molecule has 1 saturated carbocycles. The van der Waals surface area contributed by atoms with Gasteiger partial charge in [0.2, 0.25) is 0 Å². The van der Waals surface area contributed by atoms with Crippen molar-refractivity contribution in [2.75, 3.05) is 0 Å². The summed E-state index contributed by atoms with van der Waals surface area (Å²) >= 11 is 0. The van der Waals surface area contributed by atoms with Crippen LogP contribution in [0.4, 0.5) is 4.39 Å². The maximum Gasteiger partial charge on any atom is 0.123 e. The smallest absolute Gasteiger partial charge is 0.123 e. The van der Waals surface area contributed by atoms with Crippen LogP contribution in [0.25, 0.3) is 0 Å². The molecule has 1 aromatic carbocycles. The second kappa shape index (κ2) is 4.28. The summed E-state index contributed by atoms with van der Waals surface area (Å²) in [5.41, 5.74) is 7.10. The maximum absolute atomic E-state index is 12.7. The van der Waals surface area contributed by atoms with Gasteiger partial charge in [-0.15, -0.1) is 12.4 Å². The van der Waals surface area contributed by atoms with E-state index in [2.05, 4.69) is 0 Å². The molecule has 1 nitrogen and oxygen atoms in total. The lowest BCUT2D eigenvalue weighted by atomic mass is 9.89. The predicted molar refractivity (Wildman–Crippen MR) is 58.0 cm³/mol. The van der Waals surface area contributed by atoms with Gasteiger partial charge in [0.15, 0.2) is 0 Å². The van der Waals surface area contributed by atoms with Crippen molar-refractivity contribution in [3.8, 4) is 0 Å². The molecule has 1 aromatic rings. The molecule has 0 saturated heterocycles. The van der Waals surface area contributed by atoms with Crippen LogP contribution in [0.3, 0.4) is 0 Å². The van der Waals surface area contributed by atoms with Crippen LogP contribution in [0.5, 0.6) is 0 Å². The highest BCUT2D eigenvalue weighted by molar-refractivity contribution is 5.85. The summed E-state index contributed by atoms with van der Waals surface area (Å²) in [5, 5.41) is 0. The van der Waals surface area contributed by atoms with Crippen LogP contribution in [0.1, 0.15) is 31.2 Å². The summed E-state index contributed by atoms with van der Waals surface area (Å²) in [7, 11) is 0. The molecule has 14 heavy (non-hydrogen) atoms. The highest BCUT2D eigenvalue weighted by Gasteiger charge is 2.30. The lowest BCUT2D eigenvalue weighted by Crippen LogP contribution is -2.32. The Morgan fingerprint density at radius 3 is 2.07 bits per heavy atom. The van der Waals surface area contributed by atoms with Crippen molar-refractivity contribution < 1.29 is 4.39 Å². The van der Waals surface area contributed by atoms with Gasteiger partial charge in [-0.05, 0) is 30.5 Å². The van der Waals surface area contributed by atoms with Gasteiger partial charge in [-0.2, -0.15) is 0 Å². The zero-order chi connectivity index (χ0) is 9.31. The van der Waals surface area contributed by atoms with Gasteiger partial charge in [0.05, 0.1) is 0 Å². The van der Waals surface area contributed by atoms with E-state index in [1.807, 2.05) is 0 Å². The van der Waals surface area contributed by atoms with Crippen LogP contribution in [0.15, 0.2) is 24.3 Å². The van der Waals surface area contributed by atoms with Crippen LogP contribution in [0, 0.1) is 5.82 Å². The first kappa shape index (κ1) is 11.5. The first-order chi connectivity index (χ1) is 6.21. The summed E-state index contributed by atoms with van der Waals surface area (Å²) in [6, 6.07) is 6.59. The Bertz CT molecular complexity index is 291. The van der Waals surface area contributed by atoms with E-state index >= 15 is 0 Å². The Labute approximate surface area is 89.9 Å².